The Balaban J connectivity index is 1.66. The van der Waals surface area contributed by atoms with Crippen LogP contribution in [-0.4, -0.2) is 40.1 Å². The molecule has 1 aliphatic heterocycles. The predicted molar refractivity (Wildman–Crippen MR) is 87.4 cm³/mol. The van der Waals surface area contributed by atoms with Gasteiger partial charge in [-0.3, -0.25) is 4.90 Å². The first-order chi connectivity index (χ1) is 10.2. The molecular formula is C17H26N4. The van der Waals surface area contributed by atoms with Crippen molar-refractivity contribution in [3.63, 3.8) is 0 Å². The van der Waals surface area contributed by atoms with E-state index in [4.69, 9.17) is 4.98 Å². The molecule has 2 aromatic rings. The van der Waals surface area contributed by atoms with E-state index in [0.29, 0.717) is 6.04 Å². The summed E-state index contributed by atoms with van der Waals surface area (Å²) in [6.07, 6.45) is 2.70. The van der Waals surface area contributed by atoms with Crippen LogP contribution >= 0.6 is 0 Å². The van der Waals surface area contributed by atoms with Gasteiger partial charge in [-0.2, -0.15) is 0 Å². The lowest BCUT2D eigenvalue weighted by atomic mass is 10.2. The second-order valence-electron chi connectivity index (χ2n) is 6.24. The van der Waals surface area contributed by atoms with Crippen LogP contribution in [0.25, 0.3) is 11.0 Å². The maximum Gasteiger partial charge on any atom is 0.126 e. The molecule has 2 unspecified atom stereocenters. The Morgan fingerprint density at radius 3 is 2.62 bits per heavy atom. The van der Waals surface area contributed by atoms with E-state index >= 15 is 0 Å². The number of aromatic nitrogens is 2. The number of nitrogens with one attached hydrogen (secondary N) is 1. The summed E-state index contributed by atoms with van der Waals surface area (Å²) in [6.45, 7) is 8.05. The molecule has 0 amide bonds. The molecule has 0 aliphatic carbocycles. The molecule has 114 valence electrons. The number of para-hydroxylation sites is 2. The molecule has 0 spiro atoms. The maximum atomic E-state index is 4.77. The Kier molecular flexibility index (Phi) is 4.27. The highest BCUT2D eigenvalue weighted by molar-refractivity contribution is 5.75. The van der Waals surface area contributed by atoms with E-state index in [9.17, 15) is 0 Å². The van der Waals surface area contributed by atoms with Crippen LogP contribution in [0.4, 0.5) is 0 Å². The Hall–Kier alpha value is -1.39. The number of hydrogen-bond donors (Lipinski definition) is 1. The number of imidazole rings is 1. The molecule has 0 bridgehead atoms. The quantitative estimate of drug-likeness (QED) is 0.917. The molecule has 0 saturated carbocycles. The van der Waals surface area contributed by atoms with Crippen LogP contribution in [0.2, 0.25) is 0 Å². The monoisotopic (exact) mass is 286 g/mol. The highest BCUT2D eigenvalue weighted by atomic mass is 15.2. The van der Waals surface area contributed by atoms with Crippen molar-refractivity contribution >= 4 is 11.0 Å². The third kappa shape index (κ3) is 2.97. The largest absolute Gasteiger partial charge is 0.330 e. The van der Waals surface area contributed by atoms with Crippen LogP contribution in [0.3, 0.4) is 0 Å². The SMILES string of the molecule is CC(NCC(C)N1CCCC1)c1nc2ccccc2n1C. The average Bonchev–Trinajstić information content (AvgIpc) is 3.13. The molecule has 4 heteroatoms. The van der Waals surface area contributed by atoms with Crippen molar-refractivity contribution in [3.8, 4) is 0 Å². The number of benzene rings is 1. The van der Waals surface area contributed by atoms with Crippen LogP contribution < -0.4 is 5.32 Å². The number of aryl methyl sites for hydroxylation is 1. The number of nitrogens with zero attached hydrogens (tertiary/aromatic N) is 3. The molecule has 3 rings (SSSR count). The second kappa shape index (κ2) is 6.16. The highest BCUT2D eigenvalue weighted by Crippen LogP contribution is 2.19. The van der Waals surface area contributed by atoms with Crippen molar-refractivity contribution in [2.24, 2.45) is 7.05 Å². The van der Waals surface area contributed by atoms with Crippen molar-refractivity contribution in [1.29, 1.82) is 0 Å². The van der Waals surface area contributed by atoms with E-state index in [0.717, 1.165) is 17.9 Å². The molecule has 1 aromatic carbocycles. The van der Waals surface area contributed by atoms with Gasteiger partial charge < -0.3 is 9.88 Å². The minimum Gasteiger partial charge on any atom is -0.330 e. The fraction of sp³-hybridized carbons (Fsp3) is 0.588. The zero-order valence-electron chi connectivity index (χ0n) is 13.3. The van der Waals surface area contributed by atoms with Crippen molar-refractivity contribution in [2.45, 2.75) is 38.8 Å². The van der Waals surface area contributed by atoms with E-state index in [-0.39, 0.29) is 6.04 Å². The summed E-state index contributed by atoms with van der Waals surface area (Å²) >= 11 is 0. The minimum absolute atomic E-state index is 0.271. The first-order valence-electron chi connectivity index (χ1n) is 8.05. The van der Waals surface area contributed by atoms with Gasteiger partial charge in [0.15, 0.2) is 0 Å². The number of hydrogen-bond acceptors (Lipinski definition) is 3. The summed E-state index contributed by atoms with van der Waals surface area (Å²) in [5, 5.41) is 3.65. The van der Waals surface area contributed by atoms with E-state index in [2.05, 4.69) is 53.9 Å². The van der Waals surface area contributed by atoms with Gasteiger partial charge in [0.25, 0.3) is 0 Å². The molecule has 1 fully saturated rings. The van der Waals surface area contributed by atoms with Crippen molar-refractivity contribution in [3.05, 3.63) is 30.1 Å². The van der Waals surface area contributed by atoms with Gasteiger partial charge in [-0.25, -0.2) is 4.98 Å². The topological polar surface area (TPSA) is 33.1 Å². The van der Waals surface area contributed by atoms with Crippen molar-refractivity contribution < 1.29 is 0 Å². The summed E-state index contributed by atoms with van der Waals surface area (Å²) in [5.74, 6) is 1.12. The van der Waals surface area contributed by atoms with Crippen LogP contribution in [0.15, 0.2) is 24.3 Å². The molecule has 1 saturated heterocycles. The average molecular weight is 286 g/mol. The van der Waals surface area contributed by atoms with Crippen LogP contribution in [-0.2, 0) is 7.05 Å². The molecule has 2 atom stereocenters. The molecule has 1 aromatic heterocycles. The Morgan fingerprint density at radius 1 is 1.19 bits per heavy atom. The Labute approximate surface area is 127 Å². The number of rotatable bonds is 5. The predicted octanol–water partition coefficient (Wildman–Crippen LogP) is 2.71. The van der Waals surface area contributed by atoms with Crippen molar-refractivity contribution in [1.82, 2.24) is 19.8 Å². The molecule has 0 radical (unpaired) electrons. The number of likely N-dealkylation sites (tertiary alicyclic amines) is 1. The van der Waals surface area contributed by atoms with Gasteiger partial charge in [-0.1, -0.05) is 12.1 Å². The Morgan fingerprint density at radius 2 is 1.90 bits per heavy atom. The van der Waals surface area contributed by atoms with Crippen LogP contribution in [0, 0.1) is 0 Å². The summed E-state index contributed by atoms with van der Waals surface area (Å²) in [7, 11) is 2.10. The Bertz CT molecular complexity index is 598. The normalized spacial score (nSPS) is 19.2. The molecular weight excluding hydrogens is 260 g/mol. The first kappa shape index (κ1) is 14.5. The van der Waals surface area contributed by atoms with Gasteiger partial charge in [0.05, 0.1) is 17.1 Å². The van der Waals surface area contributed by atoms with E-state index < -0.39 is 0 Å². The van der Waals surface area contributed by atoms with E-state index in [1.165, 1.54) is 31.4 Å². The van der Waals surface area contributed by atoms with Gasteiger partial charge in [0.2, 0.25) is 0 Å². The summed E-state index contributed by atoms with van der Waals surface area (Å²) < 4.78 is 2.20. The molecule has 4 nitrogen and oxygen atoms in total. The third-order valence-corrected chi connectivity index (χ3v) is 4.69. The van der Waals surface area contributed by atoms with Gasteiger partial charge in [0.1, 0.15) is 5.82 Å². The lowest BCUT2D eigenvalue weighted by Gasteiger charge is -2.25. The molecule has 1 aliphatic rings. The summed E-state index contributed by atoms with van der Waals surface area (Å²) in [5.41, 5.74) is 2.28. The van der Waals surface area contributed by atoms with Crippen molar-refractivity contribution in [2.75, 3.05) is 19.6 Å². The molecule has 2 heterocycles. The smallest absolute Gasteiger partial charge is 0.126 e. The second-order valence-corrected chi connectivity index (χ2v) is 6.24. The molecule has 1 N–H and O–H groups in total. The lowest BCUT2D eigenvalue weighted by Crippen LogP contribution is -2.39. The highest BCUT2D eigenvalue weighted by Gasteiger charge is 2.20. The fourth-order valence-corrected chi connectivity index (χ4v) is 3.30. The third-order valence-electron chi connectivity index (χ3n) is 4.69. The fourth-order valence-electron chi connectivity index (χ4n) is 3.30. The van der Waals surface area contributed by atoms with E-state index in [1.807, 2.05) is 6.07 Å². The van der Waals surface area contributed by atoms with E-state index in [1.54, 1.807) is 0 Å². The van der Waals surface area contributed by atoms with Crippen LogP contribution in [0.1, 0.15) is 38.6 Å². The number of fused-ring (bicyclic) bond motifs is 1. The summed E-state index contributed by atoms with van der Waals surface area (Å²) in [4.78, 5) is 7.35. The van der Waals surface area contributed by atoms with Crippen LogP contribution in [0.5, 0.6) is 0 Å². The van der Waals surface area contributed by atoms with Gasteiger partial charge >= 0.3 is 0 Å². The standard InChI is InChI=1S/C17H26N4/c1-13(21-10-6-7-11-21)12-18-14(2)17-19-15-8-4-5-9-16(15)20(17)3/h4-5,8-9,13-14,18H,6-7,10-12H2,1-3H3. The molecule has 21 heavy (non-hydrogen) atoms. The van der Waals surface area contributed by atoms with Gasteiger partial charge in [-0.15, -0.1) is 0 Å². The zero-order chi connectivity index (χ0) is 14.8. The minimum atomic E-state index is 0.271. The lowest BCUT2D eigenvalue weighted by molar-refractivity contribution is 0.246. The maximum absolute atomic E-state index is 4.77. The first-order valence-corrected chi connectivity index (χ1v) is 8.05. The van der Waals surface area contributed by atoms with Gasteiger partial charge in [0, 0.05) is 19.6 Å². The zero-order valence-corrected chi connectivity index (χ0v) is 13.3. The van der Waals surface area contributed by atoms with Gasteiger partial charge in [-0.05, 0) is 51.9 Å². The summed E-state index contributed by atoms with van der Waals surface area (Å²) in [6, 6.07) is 9.20.